The number of hydrogen-bond acceptors (Lipinski definition) is 3. The maximum absolute atomic E-state index is 3.76. The van der Waals surface area contributed by atoms with Crippen molar-refractivity contribution in [2.45, 2.75) is 45.6 Å². The molecule has 0 spiro atoms. The molecule has 0 aromatic carbocycles. The molecule has 1 aliphatic rings. The lowest BCUT2D eigenvalue weighted by molar-refractivity contribution is 0.273. The van der Waals surface area contributed by atoms with Crippen molar-refractivity contribution in [1.82, 2.24) is 10.2 Å². The number of rotatable bonds is 6. The van der Waals surface area contributed by atoms with E-state index in [9.17, 15) is 0 Å². The lowest BCUT2D eigenvalue weighted by Gasteiger charge is -2.25. The van der Waals surface area contributed by atoms with Crippen LogP contribution in [0.1, 0.15) is 50.4 Å². The molecular formula is C16H28N2S. The number of likely N-dealkylation sites (tertiary alicyclic amines) is 1. The fourth-order valence-corrected chi connectivity index (χ4v) is 3.84. The number of nitrogens with zero attached hydrogens (tertiary/aromatic N) is 1. The van der Waals surface area contributed by atoms with E-state index in [1.54, 1.807) is 0 Å². The molecule has 1 aromatic heterocycles. The van der Waals surface area contributed by atoms with Gasteiger partial charge in [-0.25, -0.2) is 0 Å². The van der Waals surface area contributed by atoms with Crippen LogP contribution in [0, 0.1) is 5.92 Å². The van der Waals surface area contributed by atoms with Crippen LogP contribution in [-0.2, 0) is 0 Å². The molecule has 0 radical (unpaired) electrons. The highest BCUT2D eigenvalue weighted by atomic mass is 32.1. The average Bonchev–Trinajstić information content (AvgIpc) is 2.78. The van der Waals surface area contributed by atoms with E-state index in [0.29, 0.717) is 12.0 Å². The van der Waals surface area contributed by atoms with Gasteiger partial charge in [0.1, 0.15) is 0 Å². The van der Waals surface area contributed by atoms with Crippen LogP contribution < -0.4 is 5.32 Å². The molecule has 1 fully saturated rings. The van der Waals surface area contributed by atoms with Crippen molar-refractivity contribution < 1.29 is 0 Å². The van der Waals surface area contributed by atoms with Gasteiger partial charge in [-0.1, -0.05) is 32.8 Å². The van der Waals surface area contributed by atoms with E-state index in [-0.39, 0.29) is 0 Å². The topological polar surface area (TPSA) is 15.3 Å². The average molecular weight is 280 g/mol. The zero-order chi connectivity index (χ0) is 13.5. The molecule has 1 unspecified atom stereocenters. The first-order chi connectivity index (χ1) is 9.27. The predicted molar refractivity (Wildman–Crippen MR) is 84.8 cm³/mol. The lowest BCUT2D eigenvalue weighted by Crippen LogP contribution is -2.35. The van der Waals surface area contributed by atoms with Gasteiger partial charge in [-0.3, -0.25) is 0 Å². The van der Waals surface area contributed by atoms with Crippen molar-refractivity contribution in [3.8, 4) is 0 Å². The minimum absolute atomic E-state index is 0.520. The Morgan fingerprint density at radius 2 is 1.95 bits per heavy atom. The minimum Gasteiger partial charge on any atom is -0.308 e. The van der Waals surface area contributed by atoms with E-state index in [1.165, 1.54) is 50.2 Å². The van der Waals surface area contributed by atoms with Gasteiger partial charge in [-0.05, 0) is 43.3 Å². The molecule has 2 nitrogen and oxygen atoms in total. The van der Waals surface area contributed by atoms with Crippen LogP contribution in [0.3, 0.4) is 0 Å². The zero-order valence-corrected chi connectivity index (χ0v) is 13.2. The Balaban J connectivity index is 1.76. The van der Waals surface area contributed by atoms with Crippen LogP contribution in [0.25, 0.3) is 0 Å². The molecule has 1 atom stereocenters. The molecule has 2 rings (SSSR count). The summed E-state index contributed by atoms with van der Waals surface area (Å²) in [5, 5.41) is 5.94. The predicted octanol–water partition coefficient (Wildman–Crippen LogP) is 3.91. The van der Waals surface area contributed by atoms with Gasteiger partial charge in [0, 0.05) is 24.0 Å². The first-order valence-corrected chi connectivity index (χ1v) is 8.64. The monoisotopic (exact) mass is 280 g/mol. The fraction of sp³-hybridized carbons (Fsp3) is 0.750. The second-order valence-electron chi connectivity index (χ2n) is 5.95. The summed E-state index contributed by atoms with van der Waals surface area (Å²) >= 11 is 1.87. The Bertz CT molecular complexity index is 327. The van der Waals surface area contributed by atoms with Crippen LogP contribution in [0.5, 0.6) is 0 Å². The number of hydrogen-bond donors (Lipinski definition) is 1. The molecule has 1 N–H and O–H groups in total. The molecule has 1 saturated heterocycles. The van der Waals surface area contributed by atoms with Gasteiger partial charge >= 0.3 is 0 Å². The number of thiophene rings is 1. The molecule has 0 amide bonds. The Labute approximate surface area is 122 Å². The van der Waals surface area contributed by atoms with Crippen molar-refractivity contribution in [3.05, 3.63) is 22.4 Å². The Kier molecular flexibility index (Phi) is 6.35. The van der Waals surface area contributed by atoms with E-state index >= 15 is 0 Å². The van der Waals surface area contributed by atoms with Crippen LogP contribution in [0.15, 0.2) is 17.5 Å². The SMILES string of the molecule is CC(C)C(NCCN1CCCCCC1)c1cccs1. The van der Waals surface area contributed by atoms with Gasteiger partial charge in [-0.15, -0.1) is 11.3 Å². The van der Waals surface area contributed by atoms with E-state index < -0.39 is 0 Å². The van der Waals surface area contributed by atoms with Crippen LogP contribution in [-0.4, -0.2) is 31.1 Å². The van der Waals surface area contributed by atoms with E-state index in [4.69, 9.17) is 0 Å². The first-order valence-electron chi connectivity index (χ1n) is 7.76. The van der Waals surface area contributed by atoms with Gasteiger partial charge in [-0.2, -0.15) is 0 Å². The summed E-state index contributed by atoms with van der Waals surface area (Å²) in [6.07, 6.45) is 5.62. The molecule has 2 heterocycles. The molecule has 0 bridgehead atoms. The molecule has 0 aliphatic carbocycles. The summed E-state index contributed by atoms with van der Waals surface area (Å²) in [5.74, 6) is 0.655. The van der Waals surface area contributed by atoms with Crippen molar-refractivity contribution in [3.63, 3.8) is 0 Å². The summed E-state index contributed by atoms with van der Waals surface area (Å²) in [5.41, 5.74) is 0. The molecule has 0 saturated carbocycles. The van der Waals surface area contributed by atoms with Gasteiger partial charge < -0.3 is 10.2 Å². The van der Waals surface area contributed by atoms with Crippen LogP contribution in [0.4, 0.5) is 0 Å². The second-order valence-corrected chi connectivity index (χ2v) is 6.93. The first kappa shape index (κ1) is 15.0. The maximum atomic E-state index is 3.76. The van der Waals surface area contributed by atoms with Gasteiger partial charge in [0.15, 0.2) is 0 Å². The standard InChI is InChI=1S/C16H28N2S/c1-14(2)16(15-8-7-13-19-15)17-9-12-18-10-5-3-4-6-11-18/h7-8,13-14,16-17H,3-6,9-12H2,1-2H3. The van der Waals surface area contributed by atoms with Crippen molar-refractivity contribution in [2.24, 2.45) is 5.92 Å². The fourth-order valence-electron chi connectivity index (χ4n) is 2.87. The van der Waals surface area contributed by atoms with Crippen molar-refractivity contribution >= 4 is 11.3 Å². The largest absolute Gasteiger partial charge is 0.308 e. The highest BCUT2D eigenvalue weighted by Gasteiger charge is 2.16. The normalized spacial score (nSPS) is 19.5. The molecule has 1 aromatic rings. The summed E-state index contributed by atoms with van der Waals surface area (Å²) in [6, 6.07) is 4.94. The Hall–Kier alpha value is -0.380. The van der Waals surface area contributed by atoms with Crippen LogP contribution >= 0.6 is 11.3 Å². The van der Waals surface area contributed by atoms with Gasteiger partial charge in [0.2, 0.25) is 0 Å². The Morgan fingerprint density at radius 1 is 1.21 bits per heavy atom. The Morgan fingerprint density at radius 3 is 2.53 bits per heavy atom. The maximum Gasteiger partial charge on any atom is 0.0438 e. The number of nitrogens with one attached hydrogen (secondary N) is 1. The summed E-state index contributed by atoms with van der Waals surface area (Å²) in [4.78, 5) is 4.11. The molecule has 3 heteroatoms. The summed E-state index contributed by atoms with van der Waals surface area (Å²) in [7, 11) is 0. The lowest BCUT2D eigenvalue weighted by atomic mass is 10.0. The van der Waals surface area contributed by atoms with E-state index in [0.717, 1.165) is 6.54 Å². The van der Waals surface area contributed by atoms with Crippen LogP contribution in [0.2, 0.25) is 0 Å². The van der Waals surface area contributed by atoms with E-state index in [1.807, 2.05) is 11.3 Å². The molecule has 108 valence electrons. The molecule has 1 aliphatic heterocycles. The highest BCUT2D eigenvalue weighted by Crippen LogP contribution is 2.25. The highest BCUT2D eigenvalue weighted by molar-refractivity contribution is 7.10. The third kappa shape index (κ3) is 4.90. The third-order valence-corrected chi connectivity index (χ3v) is 4.96. The van der Waals surface area contributed by atoms with Crippen molar-refractivity contribution in [2.75, 3.05) is 26.2 Å². The summed E-state index contributed by atoms with van der Waals surface area (Å²) < 4.78 is 0. The van der Waals surface area contributed by atoms with Gasteiger partial charge in [0.25, 0.3) is 0 Å². The van der Waals surface area contributed by atoms with Gasteiger partial charge in [0.05, 0.1) is 0 Å². The molecular weight excluding hydrogens is 252 g/mol. The zero-order valence-electron chi connectivity index (χ0n) is 12.4. The smallest absolute Gasteiger partial charge is 0.0438 e. The summed E-state index contributed by atoms with van der Waals surface area (Å²) in [6.45, 7) is 9.53. The minimum atomic E-state index is 0.520. The molecule has 19 heavy (non-hydrogen) atoms. The van der Waals surface area contributed by atoms with E-state index in [2.05, 4.69) is 41.6 Å². The quantitative estimate of drug-likeness (QED) is 0.850. The van der Waals surface area contributed by atoms with Crippen molar-refractivity contribution in [1.29, 1.82) is 0 Å². The third-order valence-electron chi connectivity index (χ3n) is 4.01. The second kappa shape index (κ2) is 8.03.